The van der Waals surface area contributed by atoms with Gasteiger partial charge in [-0.2, -0.15) is 15.7 Å². The molecule has 7 heteroatoms. The number of likely N-dealkylation sites (tertiary alicyclic amines) is 1. The van der Waals surface area contributed by atoms with Crippen LogP contribution in [-0.2, 0) is 20.8 Å². The molecule has 2 amide bonds. The van der Waals surface area contributed by atoms with E-state index in [1.54, 1.807) is 0 Å². The van der Waals surface area contributed by atoms with Gasteiger partial charge in [-0.1, -0.05) is 30.3 Å². The highest BCUT2D eigenvalue weighted by atomic mass is 32.2. The van der Waals surface area contributed by atoms with Crippen molar-refractivity contribution in [2.75, 3.05) is 24.6 Å². The highest BCUT2D eigenvalue weighted by molar-refractivity contribution is 8.17. The monoisotopic (exact) mass is 385 g/mol. The Balaban J connectivity index is 1.90. The van der Waals surface area contributed by atoms with Crippen molar-refractivity contribution in [3.05, 3.63) is 35.9 Å². The summed E-state index contributed by atoms with van der Waals surface area (Å²) in [5.74, 6) is -0.453. The van der Waals surface area contributed by atoms with Gasteiger partial charge in [0.2, 0.25) is 11.8 Å². The molecule has 2 aliphatic rings. The maximum absolute atomic E-state index is 13.2. The van der Waals surface area contributed by atoms with Gasteiger partial charge in [0, 0.05) is 6.54 Å². The molecule has 142 valence electrons. The minimum absolute atomic E-state index is 0.153. The van der Waals surface area contributed by atoms with Crippen LogP contribution in [0.5, 0.6) is 0 Å². The molecule has 2 aliphatic heterocycles. The van der Waals surface area contributed by atoms with Crippen LogP contribution in [-0.4, -0.2) is 52.0 Å². The summed E-state index contributed by atoms with van der Waals surface area (Å²) in [5.41, 5.74) is 6.22. The van der Waals surface area contributed by atoms with Gasteiger partial charge in [-0.25, -0.2) is 0 Å². The quantitative estimate of drug-likeness (QED) is 0.741. The lowest BCUT2D eigenvalue weighted by atomic mass is 9.85. The summed E-state index contributed by atoms with van der Waals surface area (Å²) in [4.78, 5) is 39.1. The lowest BCUT2D eigenvalue weighted by Crippen LogP contribution is -2.36. The number of nitriles is 1. The average Bonchev–Trinajstić information content (AvgIpc) is 3.27. The van der Waals surface area contributed by atoms with Crippen LogP contribution >= 0.6 is 10.5 Å². The van der Waals surface area contributed by atoms with E-state index in [-0.39, 0.29) is 35.3 Å². The molecule has 0 aromatic heterocycles. The summed E-state index contributed by atoms with van der Waals surface area (Å²) in [6.07, 6.45) is 2.48. The predicted molar refractivity (Wildman–Crippen MR) is 105 cm³/mol. The fourth-order valence-electron chi connectivity index (χ4n) is 3.84. The van der Waals surface area contributed by atoms with Crippen LogP contribution < -0.4 is 5.73 Å². The number of ketones is 1. The van der Waals surface area contributed by atoms with Crippen molar-refractivity contribution in [3.63, 3.8) is 0 Å². The summed E-state index contributed by atoms with van der Waals surface area (Å²) in [5, 5.41) is 9.60. The first kappa shape index (κ1) is 19.3. The third kappa shape index (κ3) is 4.28. The number of benzene rings is 1. The van der Waals surface area contributed by atoms with Crippen LogP contribution in [0, 0.1) is 23.2 Å². The molecular weight excluding hydrogens is 362 g/mol. The number of amides is 2. The highest BCUT2D eigenvalue weighted by Gasteiger charge is 2.45. The molecule has 1 aromatic carbocycles. The van der Waals surface area contributed by atoms with E-state index in [1.807, 2.05) is 30.3 Å². The molecule has 1 aromatic rings. The number of nitrogens with two attached hydrogens (primary N) is 1. The van der Waals surface area contributed by atoms with Gasteiger partial charge < -0.3 is 10.6 Å². The van der Waals surface area contributed by atoms with E-state index in [0.29, 0.717) is 11.3 Å². The molecule has 2 atom stereocenters. The molecule has 2 fully saturated rings. The number of carbonyl (C=O) groups is 3. The molecule has 0 bridgehead atoms. The Kier molecular flexibility index (Phi) is 6.07. The normalized spacial score (nSPS) is 22.6. The number of hydrogen-bond acceptors (Lipinski definition) is 4. The van der Waals surface area contributed by atoms with E-state index < -0.39 is 17.7 Å². The molecule has 2 heterocycles. The van der Waals surface area contributed by atoms with Crippen LogP contribution in [0.15, 0.2) is 30.3 Å². The predicted octanol–water partition coefficient (Wildman–Crippen LogP) is 1.12. The van der Waals surface area contributed by atoms with E-state index >= 15 is 0 Å². The van der Waals surface area contributed by atoms with Gasteiger partial charge >= 0.3 is 0 Å². The second-order valence-corrected chi connectivity index (χ2v) is 9.21. The second-order valence-electron chi connectivity index (χ2n) is 7.00. The fourth-order valence-corrected chi connectivity index (χ4v) is 6.13. The van der Waals surface area contributed by atoms with Crippen LogP contribution in [0.4, 0.5) is 0 Å². The van der Waals surface area contributed by atoms with E-state index in [0.717, 1.165) is 29.9 Å². The first-order valence-electron chi connectivity index (χ1n) is 9.11. The largest absolute Gasteiger partial charge is 0.368 e. The van der Waals surface area contributed by atoms with Crippen molar-refractivity contribution in [3.8, 4) is 6.07 Å². The van der Waals surface area contributed by atoms with Crippen molar-refractivity contribution < 1.29 is 14.4 Å². The molecule has 0 unspecified atom stereocenters. The molecule has 27 heavy (non-hydrogen) atoms. The van der Waals surface area contributed by atoms with Gasteiger partial charge in [-0.3, -0.25) is 14.4 Å². The molecular formula is C20H23N3O3S. The Morgan fingerprint density at radius 2 is 1.89 bits per heavy atom. The third-order valence-corrected chi connectivity index (χ3v) is 7.59. The van der Waals surface area contributed by atoms with E-state index in [2.05, 4.69) is 6.07 Å². The minimum atomic E-state index is -0.600. The van der Waals surface area contributed by atoms with Crippen molar-refractivity contribution in [1.29, 1.82) is 5.26 Å². The maximum atomic E-state index is 13.2. The highest BCUT2D eigenvalue weighted by Crippen LogP contribution is 2.33. The maximum Gasteiger partial charge on any atom is 0.237 e. The van der Waals surface area contributed by atoms with Crippen LogP contribution in [0.2, 0.25) is 0 Å². The summed E-state index contributed by atoms with van der Waals surface area (Å²) < 4.78 is 0. The van der Waals surface area contributed by atoms with Crippen molar-refractivity contribution in [2.45, 2.75) is 19.3 Å². The Hall–Kier alpha value is -2.46. The number of nitrogens with zero attached hydrogens (tertiary/aromatic N) is 2. The summed E-state index contributed by atoms with van der Waals surface area (Å²) in [6, 6.07) is 11.6. The third-order valence-electron chi connectivity index (χ3n) is 5.16. The lowest BCUT2D eigenvalue weighted by Gasteiger charge is -2.16. The Bertz CT molecular complexity index is 821. The topological polar surface area (TPSA) is 104 Å². The van der Waals surface area contributed by atoms with Gasteiger partial charge in [-0.15, -0.1) is 0 Å². The zero-order valence-electron chi connectivity index (χ0n) is 15.1. The molecule has 2 N–H and O–H groups in total. The molecule has 0 aliphatic carbocycles. The Morgan fingerprint density at radius 3 is 2.48 bits per heavy atom. The zero-order valence-corrected chi connectivity index (χ0v) is 15.9. The average molecular weight is 385 g/mol. The smallest absolute Gasteiger partial charge is 0.237 e. The number of Topliss-reactive ketones (excluding diaryl/α,β-unsaturated/α-hetero) is 1. The van der Waals surface area contributed by atoms with Gasteiger partial charge in [0.25, 0.3) is 0 Å². The summed E-state index contributed by atoms with van der Waals surface area (Å²) in [6.45, 7) is -0.0397. The molecule has 0 saturated carbocycles. The van der Waals surface area contributed by atoms with E-state index in [4.69, 9.17) is 5.73 Å². The lowest BCUT2D eigenvalue weighted by molar-refractivity contribution is -0.134. The van der Waals surface area contributed by atoms with Gasteiger partial charge in [0.05, 0.1) is 18.4 Å². The number of rotatable bonds is 6. The number of primary amides is 1. The van der Waals surface area contributed by atoms with Crippen LogP contribution in [0.3, 0.4) is 0 Å². The number of carbonyl (C=O) groups excluding carboxylic acids is 3. The molecule has 3 rings (SSSR count). The Morgan fingerprint density at radius 1 is 1.22 bits per heavy atom. The van der Waals surface area contributed by atoms with Gasteiger partial charge in [0.15, 0.2) is 5.78 Å². The van der Waals surface area contributed by atoms with Crippen molar-refractivity contribution in [2.24, 2.45) is 17.6 Å². The van der Waals surface area contributed by atoms with Crippen molar-refractivity contribution >= 4 is 32.9 Å². The summed E-state index contributed by atoms with van der Waals surface area (Å²) >= 11 is 0. The number of hydrogen-bond donors (Lipinski definition) is 1. The molecule has 2 saturated heterocycles. The van der Waals surface area contributed by atoms with Crippen molar-refractivity contribution in [1.82, 2.24) is 4.90 Å². The Labute approximate surface area is 161 Å². The SMILES string of the molecule is N#CC(C(=O)[C@H]1CN(CC(N)=O)C(=O)[C@@H]1Cc1ccccc1)=S1CCCC1. The zero-order chi connectivity index (χ0) is 19.4. The minimum Gasteiger partial charge on any atom is -0.368 e. The first-order chi connectivity index (χ1) is 13.0. The molecule has 0 spiro atoms. The first-order valence-corrected chi connectivity index (χ1v) is 10.7. The second kappa shape index (κ2) is 8.49. The molecule has 0 radical (unpaired) electrons. The molecule has 6 nitrogen and oxygen atoms in total. The van der Waals surface area contributed by atoms with Crippen LogP contribution in [0.1, 0.15) is 18.4 Å². The standard InChI is InChI=1S/C20H23N3O3S/c21-11-17(27-8-4-5-9-27)19(25)16-12-23(13-18(22)24)20(26)15(16)10-14-6-2-1-3-7-14/h1-3,6-7,15-16H,4-5,8-10,12-13H2,(H2,22,24)/t15-,16+/m1/s1. The van der Waals surface area contributed by atoms with Gasteiger partial charge in [0.1, 0.15) is 10.9 Å². The van der Waals surface area contributed by atoms with Gasteiger partial charge in [-0.05, 0) is 36.3 Å². The van der Waals surface area contributed by atoms with E-state index in [1.165, 1.54) is 4.90 Å². The van der Waals surface area contributed by atoms with Crippen LogP contribution in [0.25, 0.3) is 0 Å². The fraction of sp³-hybridized carbons (Fsp3) is 0.450. The van der Waals surface area contributed by atoms with E-state index in [9.17, 15) is 19.6 Å². The summed E-state index contributed by atoms with van der Waals surface area (Å²) in [7, 11) is -0.301.